The molecule has 1 N–H and O–H groups in total. The van der Waals surface area contributed by atoms with Gasteiger partial charge in [0.25, 0.3) is 0 Å². The molecule has 0 aromatic heterocycles. The Kier molecular flexibility index (Phi) is 4.55. The van der Waals surface area contributed by atoms with Crippen molar-refractivity contribution in [3.8, 4) is 6.07 Å². The second kappa shape index (κ2) is 4.92. The predicted molar refractivity (Wildman–Crippen MR) is 44.3 cm³/mol. The summed E-state index contributed by atoms with van der Waals surface area (Å²) in [5.74, 6) is -0.951. The van der Waals surface area contributed by atoms with Gasteiger partial charge in [0.1, 0.15) is 5.41 Å². The molecule has 0 spiro atoms. The van der Waals surface area contributed by atoms with Gasteiger partial charge in [-0.25, -0.2) is 0 Å². The van der Waals surface area contributed by atoms with Crippen LogP contribution in [0.4, 0.5) is 0 Å². The number of aliphatic carboxylic acids is 1. The molecule has 0 amide bonds. The normalized spacial score (nSPS) is 17.2. The average molecular weight is 171 g/mol. The third kappa shape index (κ3) is 3.11. The van der Waals surface area contributed by atoms with Crippen molar-refractivity contribution in [3.05, 3.63) is 24.3 Å². The van der Waals surface area contributed by atoms with E-state index in [4.69, 9.17) is 10.4 Å². The minimum absolute atomic E-state index is 0. The van der Waals surface area contributed by atoms with Crippen molar-refractivity contribution in [1.29, 1.82) is 5.26 Å². The SMILES string of the molecule is N#CC1(CC(=O)O)C=CCC=C1.[H-].[Li+]. The molecule has 3 nitrogen and oxygen atoms in total. The number of carboxylic acids is 1. The number of rotatable bonds is 2. The summed E-state index contributed by atoms with van der Waals surface area (Å²) in [6.45, 7) is 0. The van der Waals surface area contributed by atoms with Gasteiger partial charge in [-0.3, -0.25) is 4.79 Å². The van der Waals surface area contributed by atoms with E-state index in [0.29, 0.717) is 0 Å². The van der Waals surface area contributed by atoms with E-state index in [9.17, 15) is 4.79 Å². The third-order valence-corrected chi connectivity index (χ3v) is 1.75. The maximum absolute atomic E-state index is 10.4. The van der Waals surface area contributed by atoms with Gasteiger partial charge in [0.05, 0.1) is 12.5 Å². The van der Waals surface area contributed by atoms with Gasteiger partial charge in [0, 0.05) is 0 Å². The van der Waals surface area contributed by atoms with Gasteiger partial charge in [-0.15, -0.1) is 0 Å². The van der Waals surface area contributed by atoms with Crippen LogP contribution in [0.25, 0.3) is 0 Å². The number of hydrogen-bond acceptors (Lipinski definition) is 2. The van der Waals surface area contributed by atoms with E-state index in [-0.39, 0.29) is 26.7 Å². The van der Waals surface area contributed by atoms with Crippen LogP contribution in [0, 0.1) is 16.7 Å². The van der Waals surface area contributed by atoms with E-state index in [2.05, 4.69) is 0 Å². The zero-order chi connectivity index (χ0) is 9.03. The fourth-order valence-electron chi connectivity index (χ4n) is 1.17. The molecular formula is C9H10LiNO2. The van der Waals surface area contributed by atoms with Crippen molar-refractivity contribution in [3.63, 3.8) is 0 Å². The van der Waals surface area contributed by atoms with E-state index < -0.39 is 11.4 Å². The molecule has 4 heteroatoms. The van der Waals surface area contributed by atoms with Crippen LogP contribution in [0.3, 0.4) is 0 Å². The first-order chi connectivity index (χ1) is 5.68. The number of carboxylic acid groups (broad SMARTS) is 1. The molecule has 0 radical (unpaired) electrons. The smallest absolute Gasteiger partial charge is 1.00 e. The summed E-state index contributed by atoms with van der Waals surface area (Å²) < 4.78 is 0. The minimum Gasteiger partial charge on any atom is -1.00 e. The van der Waals surface area contributed by atoms with E-state index in [1.54, 1.807) is 12.2 Å². The zero-order valence-corrected chi connectivity index (χ0v) is 7.53. The Hall–Kier alpha value is -0.963. The minimum atomic E-state index is -0.951. The average Bonchev–Trinajstić information content (AvgIpc) is 2.05. The second-order valence-corrected chi connectivity index (χ2v) is 2.76. The first-order valence-electron chi connectivity index (χ1n) is 3.67. The largest absolute Gasteiger partial charge is 1.00 e. The summed E-state index contributed by atoms with van der Waals surface area (Å²) in [6.07, 6.45) is 7.56. The molecule has 0 atom stereocenters. The zero-order valence-electron chi connectivity index (χ0n) is 8.53. The summed E-state index contributed by atoms with van der Waals surface area (Å²) in [6, 6.07) is 1.99. The monoisotopic (exact) mass is 171 g/mol. The van der Waals surface area contributed by atoms with Crippen LogP contribution in [0.1, 0.15) is 14.3 Å². The predicted octanol–water partition coefficient (Wildman–Crippen LogP) is -1.40. The Balaban J connectivity index is 0. The van der Waals surface area contributed by atoms with Gasteiger partial charge >= 0.3 is 24.8 Å². The van der Waals surface area contributed by atoms with Gasteiger partial charge in [0.2, 0.25) is 0 Å². The van der Waals surface area contributed by atoms with Gasteiger partial charge in [0.15, 0.2) is 0 Å². The molecule has 0 fully saturated rings. The second-order valence-electron chi connectivity index (χ2n) is 2.76. The van der Waals surface area contributed by atoms with E-state index in [0.717, 1.165) is 6.42 Å². The van der Waals surface area contributed by atoms with E-state index >= 15 is 0 Å². The molecule has 1 aliphatic rings. The Morgan fingerprint density at radius 3 is 2.54 bits per heavy atom. The first-order valence-corrected chi connectivity index (χ1v) is 3.67. The van der Waals surface area contributed by atoms with Crippen LogP contribution in [0.2, 0.25) is 0 Å². The summed E-state index contributed by atoms with van der Waals surface area (Å²) in [5.41, 5.74) is -0.913. The third-order valence-electron chi connectivity index (χ3n) is 1.75. The van der Waals surface area contributed by atoms with Gasteiger partial charge < -0.3 is 6.53 Å². The Morgan fingerprint density at radius 2 is 2.15 bits per heavy atom. The van der Waals surface area contributed by atoms with Crippen molar-refractivity contribution in [2.45, 2.75) is 12.8 Å². The van der Waals surface area contributed by atoms with Crippen molar-refractivity contribution < 1.29 is 30.2 Å². The molecule has 0 aliphatic heterocycles. The molecule has 64 valence electrons. The molecule has 0 saturated heterocycles. The summed E-state index contributed by atoms with van der Waals surface area (Å²) >= 11 is 0. The quantitative estimate of drug-likeness (QED) is 0.410. The van der Waals surface area contributed by atoms with E-state index in [1.807, 2.05) is 18.2 Å². The Bertz CT molecular complexity index is 282. The summed E-state index contributed by atoms with van der Waals surface area (Å²) in [7, 11) is 0. The van der Waals surface area contributed by atoms with Crippen LogP contribution in [-0.2, 0) is 4.79 Å². The molecule has 0 bridgehead atoms. The molecule has 0 aromatic rings. The molecule has 1 aliphatic carbocycles. The fraction of sp³-hybridized carbons (Fsp3) is 0.333. The molecule has 0 heterocycles. The number of nitriles is 1. The molecule has 0 aromatic carbocycles. The van der Waals surface area contributed by atoms with Crippen molar-refractivity contribution >= 4 is 5.97 Å². The van der Waals surface area contributed by atoms with Gasteiger partial charge in [-0.2, -0.15) is 5.26 Å². The summed E-state index contributed by atoms with van der Waals surface area (Å²) in [5, 5.41) is 17.3. The molecular weight excluding hydrogens is 161 g/mol. The van der Waals surface area contributed by atoms with Crippen LogP contribution < -0.4 is 18.9 Å². The molecule has 0 saturated carbocycles. The maximum Gasteiger partial charge on any atom is 1.00 e. The van der Waals surface area contributed by atoms with Crippen LogP contribution in [-0.4, -0.2) is 11.1 Å². The number of allylic oxidation sites excluding steroid dienone is 4. The number of hydrogen-bond donors (Lipinski definition) is 1. The topological polar surface area (TPSA) is 61.1 Å². The standard InChI is InChI=1S/C9H9NO2.Li.H/c10-7-9(6-8(11)12)4-2-1-3-5-9;;/h2-5H,1,6H2,(H,11,12);;/q;+1;-1. The number of nitrogens with zero attached hydrogens (tertiary/aromatic N) is 1. The summed E-state index contributed by atoms with van der Waals surface area (Å²) in [4.78, 5) is 10.4. The van der Waals surface area contributed by atoms with E-state index in [1.165, 1.54) is 0 Å². The molecule has 1 rings (SSSR count). The number of carbonyl (C=O) groups is 1. The first kappa shape index (κ1) is 12.0. The molecule has 0 unspecified atom stereocenters. The van der Waals surface area contributed by atoms with Crippen LogP contribution in [0.5, 0.6) is 0 Å². The Labute approximate surface area is 90.4 Å². The van der Waals surface area contributed by atoms with Crippen molar-refractivity contribution in [2.24, 2.45) is 5.41 Å². The van der Waals surface area contributed by atoms with Gasteiger partial charge in [-0.05, 0) is 6.42 Å². The van der Waals surface area contributed by atoms with Crippen molar-refractivity contribution in [2.75, 3.05) is 0 Å². The van der Waals surface area contributed by atoms with Crippen LogP contribution in [0.15, 0.2) is 24.3 Å². The Morgan fingerprint density at radius 1 is 1.62 bits per heavy atom. The fourth-order valence-corrected chi connectivity index (χ4v) is 1.17. The van der Waals surface area contributed by atoms with Crippen LogP contribution >= 0.6 is 0 Å². The van der Waals surface area contributed by atoms with Crippen molar-refractivity contribution in [1.82, 2.24) is 0 Å². The maximum atomic E-state index is 10.4. The molecule has 13 heavy (non-hydrogen) atoms. The van der Waals surface area contributed by atoms with Gasteiger partial charge in [-0.1, -0.05) is 24.3 Å².